The minimum Gasteiger partial charge on any atom is -0.305 e. The number of rotatable bonds is 3. The summed E-state index contributed by atoms with van der Waals surface area (Å²) in [5.41, 5.74) is 0.361. The second kappa shape index (κ2) is 5.92. The molecular formula is C14H19N3O2S. The van der Waals surface area contributed by atoms with Gasteiger partial charge in [0.1, 0.15) is 0 Å². The lowest BCUT2D eigenvalue weighted by Gasteiger charge is -2.35. The van der Waals surface area contributed by atoms with Gasteiger partial charge in [-0.25, -0.2) is 8.42 Å². The summed E-state index contributed by atoms with van der Waals surface area (Å²) >= 11 is 0. The van der Waals surface area contributed by atoms with Gasteiger partial charge in [-0.3, -0.25) is 0 Å². The summed E-state index contributed by atoms with van der Waals surface area (Å²) in [5, 5.41) is 8.88. The summed E-state index contributed by atoms with van der Waals surface area (Å²) in [6.07, 6.45) is 1.87. The molecule has 5 nitrogen and oxygen atoms in total. The van der Waals surface area contributed by atoms with E-state index in [0.29, 0.717) is 5.56 Å². The van der Waals surface area contributed by atoms with Gasteiger partial charge in [0.25, 0.3) is 0 Å². The fraction of sp³-hybridized carbons (Fsp3) is 0.500. The fourth-order valence-corrected chi connectivity index (χ4v) is 3.95. The van der Waals surface area contributed by atoms with Crippen molar-refractivity contribution in [1.82, 2.24) is 9.21 Å². The topological polar surface area (TPSA) is 64.4 Å². The van der Waals surface area contributed by atoms with Gasteiger partial charge in [-0.1, -0.05) is 6.07 Å². The van der Waals surface area contributed by atoms with Crippen LogP contribution in [0.2, 0.25) is 0 Å². The van der Waals surface area contributed by atoms with Crippen LogP contribution < -0.4 is 0 Å². The van der Waals surface area contributed by atoms with Crippen molar-refractivity contribution in [1.29, 1.82) is 5.26 Å². The first-order chi connectivity index (χ1) is 9.45. The Bertz CT molecular complexity index is 622. The van der Waals surface area contributed by atoms with Crippen molar-refractivity contribution < 1.29 is 8.42 Å². The zero-order valence-corrected chi connectivity index (χ0v) is 12.6. The Morgan fingerprint density at radius 2 is 2.20 bits per heavy atom. The number of likely N-dealkylation sites (N-methyl/N-ethyl adjacent to an activating group) is 2. The van der Waals surface area contributed by atoms with Gasteiger partial charge < -0.3 is 4.90 Å². The maximum atomic E-state index is 12.6. The Kier molecular flexibility index (Phi) is 4.43. The molecular weight excluding hydrogens is 274 g/mol. The quantitative estimate of drug-likeness (QED) is 0.842. The van der Waals surface area contributed by atoms with E-state index in [1.54, 1.807) is 25.2 Å². The van der Waals surface area contributed by atoms with Crippen LogP contribution in [0.15, 0.2) is 29.2 Å². The van der Waals surface area contributed by atoms with Crippen LogP contribution in [0, 0.1) is 11.3 Å². The molecule has 6 heteroatoms. The molecule has 1 aromatic rings. The lowest BCUT2D eigenvalue weighted by atomic mass is 10.1. The Hall–Kier alpha value is -1.42. The van der Waals surface area contributed by atoms with Crippen molar-refractivity contribution in [3.05, 3.63) is 29.8 Å². The molecule has 0 bridgehead atoms. The predicted octanol–water partition coefficient (Wildman–Crippen LogP) is 1.27. The van der Waals surface area contributed by atoms with E-state index in [9.17, 15) is 8.42 Å². The molecule has 1 heterocycles. The monoisotopic (exact) mass is 293 g/mol. The number of likely N-dealkylation sites (tertiary alicyclic amines) is 1. The van der Waals surface area contributed by atoms with Crippen molar-refractivity contribution >= 4 is 10.0 Å². The number of sulfonamides is 1. The Morgan fingerprint density at radius 3 is 2.85 bits per heavy atom. The summed E-state index contributed by atoms with van der Waals surface area (Å²) in [6.45, 7) is 1.75. The molecule has 0 aliphatic carbocycles. The van der Waals surface area contributed by atoms with Crippen LogP contribution in [0.4, 0.5) is 0 Å². The van der Waals surface area contributed by atoms with Crippen molar-refractivity contribution in [2.24, 2.45) is 0 Å². The fourth-order valence-electron chi connectivity index (χ4n) is 2.52. The van der Waals surface area contributed by atoms with Crippen molar-refractivity contribution in [3.63, 3.8) is 0 Å². The molecule has 1 fully saturated rings. The lowest BCUT2D eigenvalue weighted by Crippen LogP contribution is -2.47. The third kappa shape index (κ3) is 3.01. The van der Waals surface area contributed by atoms with E-state index in [0.717, 1.165) is 25.9 Å². The van der Waals surface area contributed by atoms with Crippen LogP contribution in [0.5, 0.6) is 0 Å². The van der Waals surface area contributed by atoms with Crippen molar-refractivity contribution in [2.45, 2.75) is 23.8 Å². The van der Waals surface area contributed by atoms with Gasteiger partial charge in [0, 0.05) is 19.6 Å². The van der Waals surface area contributed by atoms with E-state index in [1.165, 1.54) is 10.4 Å². The number of nitriles is 1. The zero-order chi connectivity index (χ0) is 14.8. The molecule has 1 aliphatic rings. The average Bonchev–Trinajstić information content (AvgIpc) is 2.46. The zero-order valence-electron chi connectivity index (χ0n) is 11.8. The maximum Gasteiger partial charge on any atom is 0.243 e. The molecule has 1 aliphatic heterocycles. The van der Waals surface area contributed by atoms with Crippen LogP contribution in [-0.2, 0) is 10.0 Å². The number of hydrogen-bond acceptors (Lipinski definition) is 4. The van der Waals surface area contributed by atoms with Gasteiger partial charge in [0.2, 0.25) is 10.0 Å². The third-order valence-electron chi connectivity index (χ3n) is 3.75. The van der Waals surface area contributed by atoms with Crippen molar-refractivity contribution in [2.75, 3.05) is 27.2 Å². The molecule has 108 valence electrons. The summed E-state index contributed by atoms with van der Waals surface area (Å²) in [7, 11) is 0.0870. The van der Waals surface area contributed by atoms with E-state index >= 15 is 0 Å². The second-order valence-electron chi connectivity index (χ2n) is 5.22. The molecule has 0 radical (unpaired) electrons. The van der Waals surface area contributed by atoms with E-state index in [1.807, 2.05) is 13.1 Å². The molecule has 20 heavy (non-hydrogen) atoms. The van der Waals surface area contributed by atoms with Crippen LogP contribution in [0.1, 0.15) is 18.4 Å². The van der Waals surface area contributed by atoms with E-state index < -0.39 is 10.0 Å². The molecule has 0 saturated carbocycles. The highest BCUT2D eigenvalue weighted by Crippen LogP contribution is 2.22. The molecule has 1 unspecified atom stereocenters. The highest BCUT2D eigenvalue weighted by Gasteiger charge is 2.30. The van der Waals surface area contributed by atoms with Crippen molar-refractivity contribution in [3.8, 4) is 6.07 Å². The van der Waals surface area contributed by atoms with Gasteiger partial charge in [-0.15, -0.1) is 0 Å². The summed E-state index contributed by atoms with van der Waals surface area (Å²) in [4.78, 5) is 2.33. The smallest absolute Gasteiger partial charge is 0.243 e. The number of nitrogens with zero attached hydrogens (tertiary/aromatic N) is 3. The maximum absolute atomic E-state index is 12.6. The van der Waals surface area contributed by atoms with Gasteiger partial charge in [0.15, 0.2) is 0 Å². The van der Waals surface area contributed by atoms with E-state index in [2.05, 4.69) is 4.90 Å². The number of piperidine rings is 1. The third-order valence-corrected chi connectivity index (χ3v) is 5.66. The molecule has 0 spiro atoms. The minimum absolute atomic E-state index is 0.00973. The first-order valence-electron chi connectivity index (χ1n) is 6.62. The predicted molar refractivity (Wildman–Crippen MR) is 76.6 cm³/mol. The van der Waals surface area contributed by atoms with Crippen LogP contribution in [0.25, 0.3) is 0 Å². The molecule has 0 amide bonds. The van der Waals surface area contributed by atoms with Crippen LogP contribution in [-0.4, -0.2) is 50.8 Å². The summed E-state index contributed by atoms with van der Waals surface area (Å²) < 4.78 is 26.7. The lowest BCUT2D eigenvalue weighted by molar-refractivity contribution is 0.187. The van der Waals surface area contributed by atoms with E-state index in [-0.39, 0.29) is 10.9 Å². The average molecular weight is 293 g/mol. The molecule has 1 atom stereocenters. The molecule has 0 N–H and O–H groups in total. The van der Waals surface area contributed by atoms with Crippen LogP contribution in [0.3, 0.4) is 0 Å². The normalized spacial score (nSPS) is 20.8. The highest BCUT2D eigenvalue weighted by atomic mass is 32.2. The first-order valence-corrected chi connectivity index (χ1v) is 8.06. The largest absolute Gasteiger partial charge is 0.305 e. The summed E-state index contributed by atoms with van der Waals surface area (Å²) in [5.74, 6) is 0. The van der Waals surface area contributed by atoms with Gasteiger partial charge in [-0.2, -0.15) is 9.57 Å². The minimum atomic E-state index is -3.54. The Balaban J connectivity index is 2.27. The van der Waals surface area contributed by atoms with Gasteiger partial charge >= 0.3 is 0 Å². The Labute approximate surface area is 120 Å². The summed E-state index contributed by atoms with van der Waals surface area (Å²) in [6, 6.07) is 8.14. The first kappa shape index (κ1) is 15.0. The molecule has 2 rings (SSSR count). The Morgan fingerprint density at radius 1 is 1.45 bits per heavy atom. The van der Waals surface area contributed by atoms with Gasteiger partial charge in [0.05, 0.1) is 16.5 Å². The highest BCUT2D eigenvalue weighted by molar-refractivity contribution is 7.89. The number of benzene rings is 1. The van der Waals surface area contributed by atoms with Gasteiger partial charge in [-0.05, 0) is 44.6 Å². The second-order valence-corrected chi connectivity index (χ2v) is 7.22. The standard InChI is InChI=1S/C14H19N3O2S/c1-16-8-4-6-13(11-16)17(2)20(18,19)14-7-3-5-12(9-14)10-15/h3,5,7,9,13H,4,6,8,11H2,1-2H3. The SMILES string of the molecule is CN1CCCC(N(C)S(=O)(=O)c2cccc(C#N)c2)C1. The van der Waals surface area contributed by atoms with E-state index in [4.69, 9.17) is 5.26 Å². The van der Waals surface area contributed by atoms with Crippen LogP contribution >= 0.6 is 0 Å². The molecule has 1 aromatic carbocycles. The molecule has 1 saturated heterocycles. The number of hydrogen-bond donors (Lipinski definition) is 0. The molecule has 0 aromatic heterocycles.